The molecule has 1 unspecified atom stereocenters. The predicted molar refractivity (Wildman–Crippen MR) is 86.3 cm³/mol. The first-order chi connectivity index (χ1) is 9.63. The molecular formula is C16H34N4. The maximum absolute atomic E-state index is 3.59. The van der Waals surface area contributed by atoms with Gasteiger partial charge in [0.1, 0.15) is 0 Å². The molecule has 2 aliphatic heterocycles. The number of hydrogen-bond donors (Lipinski definition) is 1. The molecule has 2 rings (SSSR count). The first-order valence-electron chi connectivity index (χ1n) is 8.44. The SMILES string of the molecule is CCCC1(CN2CCN(CCN(C)C)CC2)CCNC1. The second kappa shape index (κ2) is 7.74. The first-order valence-corrected chi connectivity index (χ1v) is 8.44. The van der Waals surface area contributed by atoms with E-state index in [-0.39, 0.29) is 0 Å². The van der Waals surface area contributed by atoms with Crippen molar-refractivity contribution in [3.8, 4) is 0 Å². The zero-order chi connectivity index (χ0) is 14.4. The summed E-state index contributed by atoms with van der Waals surface area (Å²) >= 11 is 0. The van der Waals surface area contributed by atoms with Crippen molar-refractivity contribution in [3.63, 3.8) is 0 Å². The molecule has 2 saturated heterocycles. The van der Waals surface area contributed by atoms with Crippen LogP contribution in [0.1, 0.15) is 26.2 Å². The van der Waals surface area contributed by atoms with Crippen LogP contribution < -0.4 is 5.32 Å². The van der Waals surface area contributed by atoms with Crippen LogP contribution in [0.2, 0.25) is 0 Å². The molecule has 20 heavy (non-hydrogen) atoms. The predicted octanol–water partition coefficient (Wildman–Crippen LogP) is 0.945. The van der Waals surface area contributed by atoms with Gasteiger partial charge in [0.25, 0.3) is 0 Å². The van der Waals surface area contributed by atoms with Gasteiger partial charge in [0, 0.05) is 52.4 Å². The molecular weight excluding hydrogens is 248 g/mol. The van der Waals surface area contributed by atoms with E-state index in [9.17, 15) is 0 Å². The smallest absolute Gasteiger partial charge is 0.0110 e. The summed E-state index contributed by atoms with van der Waals surface area (Å²) in [6.07, 6.45) is 4.09. The maximum Gasteiger partial charge on any atom is 0.0110 e. The van der Waals surface area contributed by atoms with Crippen molar-refractivity contribution in [1.82, 2.24) is 20.0 Å². The van der Waals surface area contributed by atoms with Gasteiger partial charge in [0.15, 0.2) is 0 Å². The molecule has 0 aliphatic carbocycles. The van der Waals surface area contributed by atoms with Crippen LogP contribution in [-0.2, 0) is 0 Å². The van der Waals surface area contributed by atoms with E-state index < -0.39 is 0 Å². The van der Waals surface area contributed by atoms with Crippen LogP contribution in [0.15, 0.2) is 0 Å². The van der Waals surface area contributed by atoms with Crippen LogP contribution in [0.25, 0.3) is 0 Å². The Hall–Kier alpha value is -0.160. The minimum atomic E-state index is 0.570. The van der Waals surface area contributed by atoms with Crippen LogP contribution in [0, 0.1) is 5.41 Å². The van der Waals surface area contributed by atoms with E-state index in [1.165, 1.54) is 78.2 Å². The summed E-state index contributed by atoms with van der Waals surface area (Å²) in [5, 5.41) is 3.59. The lowest BCUT2D eigenvalue weighted by atomic mass is 9.82. The monoisotopic (exact) mass is 282 g/mol. The molecule has 0 saturated carbocycles. The molecule has 0 aromatic heterocycles. The van der Waals surface area contributed by atoms with Gasteiger partial charge in [0.2, 0.25) is 0 Å². The molecule has 1 N–H and O–H groups in total. The molecule has 0 bridgehead atoms. The normalized spacial score (nSPS) is 29.4. The van der Waals surface area contributed by atoms with Gasteiger partial charge in [-0.05, 0) is 38.9 Å². The Labute approximate surface area is 125 Å². The first kappa shape index (κ1) is 16.2. The molecule has 4 nitrogen and oxygen atoms in total. The molecule has 0 aromatic rings. The Morgan fingerprint density at radius 3 is 2.35 bits per heavy atom. The fourth-order valence-electron chi connectivity index (χ4n) is 3.74. The highest BCUT2D eigenvalue weighted by atomic mass is 15.3. The molecule has 2 fully saturated rings. The second-order valence-electron chi connectivity index (χ2n) is 7.10. The van der Waals surface area contributed by atoms with Gasteiger partial charge in [-0.3, -0.25) is 4.90 Å². The zero-order valence-corrected chi connectivity index (χ0v) is 13.8. The van der Waals surface area contributed by atoms with E-state index in [4.69, 9.17) is 0 Å². The van der Waals surface area contributed by atoms with Crippen LogP contribution >= 0.6 is 0 Å². The Morgan fingerprint density at radius 1 is 1.10 bits per heavy atom. The lowest BCUT2D eigenvalue weighted by molar-refractivity contribution is 0.0834. The molecule has 0 aromatic carbocycles. The Kier molecular flexibility index (Phi) is 6.27. The summed E-state index contributed by atoms with van der Waals surface area (Å²) in [6, 6.07) is 0. The average molecular weight is 282 g/mol. The van der Waals surface area contributed by atoms with Crippen molar-refractivity contribution in [2.24, 2.45) is 5.41 Å². The lowest BCUT2D eigenvalue weighted by Gasteiger charge is -2.40. The fourth-order valence-corrected chi connectivity index (χ4v) is 3.74. The summed E-state index contributed by atoms with van der Waals surface area (Å²) in [5.41, 5.74) is 0.570. The van der Waals surface area contributed by atoms with Gasteiger partial charge in [-0.2, -0.15) is 0 Å². The molecule has 118 valence electrons. The summed E-state index contributed by atoms with van der Waals surface area (Å²) in [6.45, 7) is 13.6. The standard InChI is InChI=1S/C16H34N4/c1-4-5-16(6-7-17-14-16)15-20-12-10-19(11-13-20)9-8-18(2)3/h17H,4-15H2,1-3H3. The van der Waals surface area contributed by atoms with Crippen molar-refractivity contribution in [1.29, 1.82) is 0 Å². The summed E-state index contributed by atoms with van der Waals surface area (Å²) in [4.78, 5) is 7.62. The van der Waals surface area contributed by atoms with E-state index in [2.05, 4.69) is 41.0 Å². The van der Waals surface area contributed by atoms with Crippen molar-refractivity contribution in [2.45, 2.75) is 26.2 Å². The van der Waals surface area contributed by atoms with Gasteiger partial charge >= 0.3 is 0 Å². The fraction of sp³-hybridized carbons (Fsp3) is 1.00. The van der Waals surface area contributed by atoms with Gasteiger partial charge in [0.05, 0.1) is 0 Å². The molecule has 2 heterocycles. The lowest BCUT2D eigenvalue weighted by Crippen LogP contribution is -2.51. The van der Waals surface area contributed by atoms with Crippen LogP contribution in [0.4, 0.5) is 0 Å². The van der Waals surface area contributed by atoms with E-state index in [0.717, 1.165) is 0 Å². The third-order valence-electron chi connectivity index (χ3n) is 5.00. The molecule has 1 atom stereocenters. The van der Waals surface area contributed by atoms with Crippen molar-refractivity contribution < 1.29 is 0 Å². The van der Waals surface area contributed by atoms with E-state index >= 15 is 0 Å². The van der Waals surface area contributed by atoms with E-state index in [1.54, 1.807) is 0 Å². The maximum atomic E-state index is 3.59. The van der Waals surface area contributed by atoms with E-state index in [1.807, 2.05) is 0 Å². The Morgan fingerprint density at radius 2 is 1.80 bits per heavy atom. The van der Waals surface area contributed by atoms with Gasteiger partial charge in [-0.25, -0.2) is 0 Å². The number of hydrogen-bond acceptors (Lipinski definition) is 4. The van der Waals surface area contributed by atoms with Crippen LogP contribution in [0.5, 0.6) is 0 Å². The summed E-state index contributed by atoms with van der Waals surface area (Å²) in [5.74, 6) is 0. The van der Waals surface area contributed by atoms with Gasteiger partial charge < -0.3 is 15.1 Å². The number of rotatable bonds is 7. The van der Waals surface area contributed by atoms with Crippen LogP contribution in [0.3, 0.4) is 0 Å². The number of nitrogens with zero attached hydrogens (tertiary/aromatic N) is 3. The Bertz CT molecular complexity index is 266. The topological polar surface area (TPSA) is 21.8 Å². The minimum Gasteiger partial charge on any atom is -0.316 e. The largest absolute Gasteiger partial charge is 0.316 e. The van der Waals surface area contributed by atoms with Gasteiger partial charge in [-0.1, -0.05) is 13.3 Å². The van der Waals surface area contributed by atoms with Crippen molar-refractivity contribution >= 4 is 0 Å². The highest BCUT2D eigenvalue weighted by Gasteiger charge is 2.35. The highest BCUT2D eigenvalue weighted by Crippen LogP contribution is 2.32. The molecule has 0 radical (unpaired) electrons. The quantitative estimate of drug-likeness (QED) is 0.750. The molecule has 0 spiro atoms. The summed E-state index contributed by atoms with van der Waals surface area (Å²) < 4.78 is 0. The van der Waals surface area contributed by atoms with E-state index in [0.29, 0.717) is 5.41 Å². The van der Waals surface area contributed by atoms with Gasteiger partial charge in [-0.15, -0.1) is 0 Å². The number of nitrogens with one attached hydrogen (secondary N) is 1. The molecule has 2 aliphatic rings. The number of piperazine rings is 1. The molecule has 4 heteroatoms. The third-order valence-corrected chi connectivity index (χ3v) is 5.00. The third kappa shape index (κ3) is 4.69. The van der Waals surface area contributed by atoms with Crippen molar-refractivity contribution in [2.75, 3.05) is 73.0 Å². The average Bonchev–Trinajstić information content (AvgIpc) is 2.87. The second-order valence-corrected chi connectivity index (χ2v) is 7.10. The molecule has 0 amide bonds. The Balaban J connectivity index is 1.73. The van der Waals surface area contributed by atoms with Crippen molar-refractivity contribution in [3.05, 3.63) is 0 Å². The highest BCUT2D eigenvalue weighted by molar-refractivity contribution is 4.91. The number of likely N-dealkylation sites (N-methyl/N-ethyl adjacent to an activating group) is 1. The summed E-state index contributed by atoms with van der Waals surface area (Å²) in [7, 11) is 4.33. The zero-order valence-electron chi connectivity index (χ0n) is 13.8. The van der Waals surface area contributed by atoms with Crippen LogP contribution in [-0.4, -0.2) is 87.7 Å². The minimum absolute atomic E-state index is 0.570.